The first kappa shape index (κ1) is 13.0. The fourth-order valence-corrected chi connectivity index (χ4v) is 0.797. The van der Waals surface area contributed by atoms with Crippen molar-refractivity contribution in [3.63, 3.8) is 0 Å². The summed E-state index contributed by atoms with van der Waals surface area (Å²) in [4.78, 5) is 10.3. The van der Waals surface area contributed by atoms with Gasteiger partial charge in [0.25, 0.3) is 0 Å². The van der Waals surface area contributed by atoms with Crippen molar-refractivity contribution in [3.8, 4) is 5.75 Å². The van der Waals surface area contributed by atoms with E-state index in [2.05, 4.69) is 14.0 Å². The summed E-state index contributed by atoms with van der Waals surface area (Å²) in [6.45, 7) is -0.124. The molecule has 1 aromatic carbocycles. The van der Waals surface area contributed by atoms with Gasteiger partial charge in [-0.25, -0.2) is 0 Å². The Morgan fingerprint density at radius 2 is 2.14 bits per heavy atom. The highest BCUT2D eigenvalue weighted by Crippen LogP contribution is 2.15. The largest absolute Gasteiger partial charge is 0.507 e. The predicted molar refractivity (Wildman–Crippen MR) is 56.1 cm³/mol. The van der Waals surface area contributed by atoms with Gasteiger partial charge in [-0.2, -0.15) is 0 Å². The quantitative estimate of drug-likeness (QED) is 0.574. The predicted octanol–water partition coefficient (Wildman–Crippen LogP) is 1.12. The average Bonchev–Trinajstić information content (AvgIpc) is 2.20. The molecule has 0 amide bonds. The van der Waals surface area contributed by atoms with Crippen molar-refractivity contribution < 1.29 is 19.5 Å². The van der Waals surface area contributed by atoms with Crippen LogP contribution in [0.25, 0.3) is 0 Å². The van der Waals surface area contributed by atoms with Crippen LogP contribution in [0.5, 0.6) is 5.75 Å². The van der Waals surface area contributed by atoms with Gasteiger partial charge in [-0.15, -0.1) is 0 Å². The van der Waals surface area contributed by atoms with Crippen LogP contribution < -0.4 is 0 Å². The molecule has 0 saturated carbocycles. The number of phenolic OH excluding ortho intramolecular Hbond substituents is 1. The van der Waals surface area contributed by atoms with Gasteiger partial charge in [-0.1, -0.05) is 6.07 Å². The minimum absolute atomic E-state index is 0.0581. The van der Waals surface area contributed by atoms with Crippen LogP contribution in [0.1, 0.15) is 15.9 Å². The summed E-state index contributed by atoms with van der Waals surface area (Å²) in [6.07, 6.45) is 0.550. The number of carbonyl (C=O) groups excluding carboxylic acids is 1. The van der Waals surface area contributed by atoms with Crippen LogP contribution >= 0.6 is 9.47 Å². The van der Waals surface area contributed by atoms with E-state index in [4.69, 9.17) is 10.2 Å². The second-order valence-electron chi connectivity index (χ2n) is 2.40. The molecule has 4 nitrogen and oxygen atoms in total. The number of rotatable bonds is 2. The molecule has 2 N–H and O–H groups in total. The van der Waals surface area contributed by atoms with Crippen molar-refractivity contribution in [2.45, 2.75) is 6.61 Å². The molecule has 0 saturated heterocycles. The van der Waals surface area contributed by atoms with Gasteiger partial charge in [0.15, 0.2) is 6.29 Å². The Balaban J connectivity index is 0.000000500. The molecule has 0 radical (unpaired) electrons. The summed E-state index contributed by atoms with van der Waals surface area (Å²) >= 11 is 0. The highest BCUT2D eigenvalue weighted by atomic mass is 31.0. The highest BCUT2D eigenvalue weighted by Gasteiger charge is 1.99. The minimum Gasteiger partial charge on any atom is -0.507 e. The Bertz CT molecular complexity index is 288. The van der Waals surface area contributed by atoms with E-state index in [1.165, 1.54) is 12.1 Å². The Morgan fingerprint density at radius 1 is 1.57 bits per heavy atom. The zero-order valence-electron chi connectivity index (χ0n) is 7.80. The lowest BCUT2D eigenvalue weighted by atomic mass is 10.1. The van der Waals surface area contributed by atoms with Gasteiger partial charge in [-0.05, 0) is 27.2 Å². The van der Waals surface area contributed by atoms with Crippen molar-refractivity contribution in [3.05, 3.63) is 29.3 Å². The lowest BCUT2D eigenvalue weighted by Crippen LogP contribution is -1.86. The normalized spacial score (nSPS) is 8.79. The van der Waals surface area contributed by atoms with E-state index in [9.17, 15) is 4.79 Å². The molecule has 1 unspecified atom stereocenters. The van der Waals surface area contributed by atoms with Crippen molar-refractivity contribution in [1.29, 1.82) is 0 Å². The second-order valence-corrected chi connectivity index (χ2v) is 2.88. The molecule has 14 heavy (non-hydrogen) atoms. The molecule has 0 aliphatic carbocycles. The van der Waals surface area contributed by atoms with E-state index in [0.717, 1.165) is 0 Å². The van der Waals surface area contributed by atoms with E-state index in [1.807, 2.05) is 0 Å². The zero-order chi connectivity index (χ0) is 11.0. The van der Waals surface area contributed by atoms with E-state index in [1.54, 1.807) is 13.2 Å². The average molecular weight is 216 g/mol. The van der Waals surface area contributed by atoms with Crippen LogP contribution in [-0.2, 0) is 11.1 Å². The smallest absolute Gasteiger partial charge is 0.153 e. The third kappa shape index (κ3) is 4.33. The molecule has 0 fully saturated rings. The maximum Gasteiger partial charge on any atom is 0.153 e. The zero-order valence-corrected chi connectivity index (χ0v) is 8.96. The van der Waals surface area contributed by atoms with Gasteiger partial charge in [0, 0.05) is 7.11 Å². The van der Waals surface area contributed by atoms with Crippen molar-refractivity contribution >= 4 is 15.8 Å². The van der Waals surface area contributed by atoms with Gasteiger partial charge in [-0.3, -0.25) is 4.79 Å². The van der Waals surface area contributed by atoms with Crippen LogP contribution in [-0.4, -0.2) is 23.6 Å². The molecule has 0 aliphatic rings. The number of aromatic hydroxyl groups is 1. The number of aldehydes is 1. The van der Waals surface area contributed by atoms with Crippen LogP contribution in [0.2, 0.25) is 0 Å². The van der Waals surface area contributed by atoms with E-state index in [0.29, 0.717) is 11.8 Å². The third-order valence-corrected chi connectivity index (χ3v) is 1.40. The molecule has 0 aromatic heterocycles. The minimum atomic E-state index is -0.124. The van der Waals surface area contributed by atoms with Crippen molar-refractivity contribution in [1.82, 2.24) is 0 Å². The number of aliphatic hydroxyl groups is 1. The maximum absolute atomic E-state index is 10.3. The lowest BCUT2D eigenvalue weighted by Gasteiger charge is -1.98. The summed E-state index contributed by atoms with van der Waals surface area (Å²) in [5.74, 6) is -0.0581. The topological polar surface area (TPSA) is 66.8 Å². The maximum atomic E-state index is 10.3. The molecule has 1 rings (SSSR count). The third-order valence-electron chi connectivity index (χ3n) is 1.40. The summed E-state index contributed by atoms with van der Waals surface area (Å²) in [6, 6.07) is 4.39. The highest BCUT2D eigenvalue weighted by molar-refractivity contribution is 7.09. The van der Waals surface area contributed by atoms with Gasteiger partial charge < -0.3 is 14.7 Å². The van der Waals surface area contributed by atoms with Crippen LogP contribution in [0, 0.1) is 0 Å². The monoisotopic (exact) mass is 216 g/mol. The fraction of sp³-hybridized carbons (Fsp3) is 0.222. The van der Waals surface area contributed by atoms with Crippen LogP contribution in [0.3, 0.4) is 0 Å². The number of aliphatic hydroxyl groups excluding tert-OH is 1. The van der Waals surface area contributed by atoms with E-state index in [-0.39, 0.29) is 17.9 Å². The standard InChI is InChI=1S/C8H8O3.CH5OP/c9-4-6-1-2-8(11)7(3-6)5-10;1-2-3/h1-3,5,9,11H,4H2;3H2,1H3. The molecule has 1 atom stereocenters. The molecule has 0 heterocycles. The van der Waals surface area contributed by atoms with Gasteiger partial charge in [0.2, 0.25) is 0 Å². The fourth-order valence-electron chi connectivity index (χ4n) is 0.797. The van der Waals surface area contributed by atoms with Crippen molar-refractivity contribution in [2.75, 3.05) is 7.11 Å². The number of carbonyl (C=O) groups is 1. The number of hydrogen-bond acceptors (Lipinski definition) is 4. The van der Waals surface area contributed by atoms with E-state index < -0.39 is 0 Å². The van der Waals surface area contributed by atoms with Crippen LogP contribution in [0.15, 0.2) is 18.2 Å². The SMILES string of the molecule is COP.O=Cc1cc(CO)ccc1O. The number of benzene rings is 1. The molecule has 0 bridgehead atoms. The summed E-state index contributed by atoms with van der Waals surface area (Å²) in [5, 5.41) is 17.7. The first-order valence-electron chi connectivity index (χ1n) is 3.80. The summed E-state index contributed by atoms with van der Waals surface area (Å²) in [7, 11) is 3.67. The Morgan fingerprint density at radius 3 is 2.57 bits per heavy atom. The number of phenols is 1. The molecule has 1 aromatic rings. The first-order valence-corrected chi connectivity index (χ1v) is 4.27. The van der Waals surface area contributed by atoms with Crippen molar-refractivity contribution in [2.24, 2.45) is 0 Å². The van der Waals surface area contributed by atoms with Gasteiger partial charge >= 0.3 is 0 Å². The Kier molecular flexibility index (Phi) is 6.93. The molecular weight excluding hydrogens is 203 g/mol. The molecule has 5 heteroatoms. The lowest BCUT2D eigenvalue weighted by molar-refractivity contribution is 0.112. The summed E-state index contributed by atoms with van der Waals surface area (Å²) in [5.41, 5.74) is 0.821. The van der Waals surface area contributed by atoms with E-state index >= 15 is 0 Å². The first-order chi connectivity index (χ1) is 6.69. The van der Waals surface area contributed by atoms with Gasteiger partial charge in [0.05, 0.1) is 12.2 Å². The molecule has 0 spiro atoms. The summed E-state index contributed by atoms with van der Waals surface area (Å²) < 4.78 is 4.17. The number of hydrogen-bond donors (Lipinski definition) is 2. The Labute approximate surface area is 84.8 Å². The Hall–Kier alpha value is -0.960. The molecule has 0 aliphatic heterocycles. The molecule has 78 valence electrons. The van der Waals surface area contributed by atoms with Crippen LogP contribution in [0.4, 0.5) is 0 Å². The molecular formula is C9H13O4P. The van der Waals surface area contributed by atoms with Gasteiger partial charge in [0.1, 0.15) is 5.75 Å². The second kappa shape index (κ2) is 7.44.